The highest BCUT2D eigenvalue weighted by molar-refractivity contribution is 7.95. The van der Waals surface area contributed by atoms with Gasteiger partial charge in [0.1, 0.15) is 0 Å². The largest absolute Gasteiger partial charge is 0.460 e. The van der Waals surface area contributed by atoms with Gasteiger partial charge in [-0.15, -0.1) is 0 Å². The zero-order valence-corrected chi connectivity index (χ0v) is 12.2. The fraction of sp³-hybridized carbons (Fsp3) is 0.0667. The quantitative estimate of drug-likeness (QED) is 0.284. The summed E-state index contributed by atoms with van der Waals surface area (Å²) in [7, 11) is -2.43. The topological polar surface area (TPSA) is 79.8 Å². The molecule has 0 N–H and O–H groups in total. The van der Waals surface area contributed by atoms with Crippen LogP contribution < -0.4 is 10.6 Å². The summed E-state index contributed by atoms with van der Waals surface area (Å²) in [5.41, 5.74) is 8.70. The first-order valence-corrected chi connectivity index (χ1v) is 7.87. The fourth-order valence-electron chi connectivity index (χ4n) is 1.99. The van der Waals surface area contributed by atoms with E-state index in [1.54, 1.807) is 60.7 Å². The molecule has 0 aliphatic heterocycles. The number of hydrogen-bond donors (Lipinski definition) is 0. The molecule has 106 valence electrons. The van der Waals surface area contributed by atoms with Crippen molar-refractivity contribution < 1.29 is 18.9 Å². The van der Waals surface area contributed by atoms with Crippen LogP contribution in [0.1, 0.15) is 0 Å². The molecule has 21 heavy (non-hydrogen) atoms. The molecule has 0 aliphatic rings. The summed E-state index contributed by atoms with van der Waals surface area (Å²) in [4.78, 5) is 14.8. The smallest absolute Gasteiger partial charge is 0.438 e. The van der Waals surface area contributed by atoms with E-state index in [4.69, 9.17) is 0 Å². The summed E-state index contributed by atoms with van der Waals surface area (Å²) >= 11 is 0. The number of ether oxygens (including phenoxy) is 1. The lowest BCUT2D eigenvalue weighted by Gasteiger charge is -2.13. The number of benzene rings is 2. The Kier molecular flexibility index (Phi) is 4.49. The number of carbonyl (C=O) groups excluding carboxylic acids is 1. The Bertz CT molecular complexity index is 695. The van der Waals surface area contributed by atoms with Gasteiger partial charge >= 0.3 is 11.4 Å². The predicted molar refractivity (Wildman–Crippen MR) is 80.4 cm³/mol. The summed E-state index contributed by atoms with van der Waals surface area (Å²) in [6.45, 7) is 0. The highest BCUT2D eigenvalue weighted by Gasteiger charge is 2.46. The molecule has 0 aliphatic carbocycles. The average molecular weight is 300 g/mol. The van der Waals surface area contributed by atoms with Gasteiger partial charge in [-0.2, -0.15) is 4.79 Å². The number of methoxy groups -OCH3 is 1. The Morgan fingerprint density at radius 2 is 1.43 bits per heavy atom. The van der Waals surface area contributed by atoms with E-state index in [1.807, 2.05) is 0 Å². The summed E-state index contributed by atoms with van der Waals surface area (Å²) in [5.74, 6) is -0.923. The molecular weight excluding hydrogens is 287 g/mol. The summed E-state index contributed by atoms with van der Waals surface area (Å²) in [5, 5.41) is 0.795. The van der Waals surface area contributed by atoms with Crippen LogP contribution in [0.25, 0.3) is 5.53 Å². The van der Waals surface area contributed by atoms with Crippen molar-refractivity contribution in [2.75, 3.05) is 7.11 Å². The maximum Gasteiger partial charge on any atom is 0.438 e. The first kappa shape index (κ1) is 14.9. The fourth-order valence-corrected chi connectivity index (χ4v) is 4.44. The third-order valence-corrected chi connectivity index (χ3v) is 5.92. The molecule has 0 heterocycles. The Morgan fingerprint density at radius 3 is 1.76 bits per heavy atom. The maximum atomic E-state index is 13.6. The van der Waals surface area contributed by atoms with Crippen LogP contribution in [-0.2, 0) is 14.1 Å². The van der Waals surface area contributed by atoms with E-state index < -0.39 is 18.6 Å². The predicted octanol–water partition coefficient (Wildman–Crippen LogP) is 1.80. The molecule has 6 heteroatoms. The van der Waals surface area contributed by atoms with Gasteiger partial charge in [-0.25, -0.2) is 4.79 Å². The molecule has 0 saturated heterocycles. The second-order valence-electron chi connectivity index (χ2n) is 4.20. The van der Waals surface area contributed by atoms with Crippen molar-refractivity contribution in [3.05, 3.63) is 66.2 Å². The van der Waals surface area contributed by atoms with Crippen LogP contribution in [0, 0.1) is 0 Å². The number of hydrogen-bond acceptors (Lipinski definition) is 3. The van der Waals surface area contributed by atoms with Crippen molar-refractivity contribution in [1.82, 2.24) is 0 Å². The molecule has 0 radical (unpaired) electrons. The van der Waals surface area contributed by atoms with Crippen LogP contribution in [0.15, 0.2) is 60.7 Å². The van der Waals surface area contributed by atoms with Gasteiger partial charge in [-0.3, -0.25) is 0 Å². The Hall–Kier alpha value is -2.48. The number of esters is 1. The molecule has 0 atom stereocenters. The first-order chi connectivity index (χ1) is 10.1. The van der Waals surface area contributed by atoms with Crippen LogP contribution in [0.4, 0.5) is 0 Å². The van der Waals surface area contributed by atoms with Gasteiger partial charge in [0.15, 0.2) is 0 Å². The minimum atomic E-state index is -3.58. The Balaban J connectivity index is 2.75. The molecule has 2 rings (SSSR count). The second kappa shape index (κ2) is 6.31. The van der Waals surface area contributed by atoms with Gasteiger partial charge < -0.3 is 14.8 Å². The van der Waals surface area contributed by atoms with E-state index in [1.165, 1.54) is 0 Å². The lowest BCUT2D eigenvalue weighted by atomic mass is 10.4. The molecule has 0 aromatic heterocycles. The molecule has 2 aromatic rings. The Labute approximate surface area is 122 Å². The number of nitrogens with zero attached hydrogens (tertiary/aromatic N) is 2. The normalized spacial score (nSPS) is 10.5. The third-order valence-electron chi connectivity index (χ3n) is 3.00. The van der Waals surface area contributed by atoms with Gasteiger partial charge in [0.05, 0.1) is 7.11 Å². The SMILES string of the molecule is COC(=O)C(=[N+]=[N-])P(=O)(c1ccccc1)c1ccccc1. The van der Waals surface area contributed by atoms with Crippen molar-refractivity contribution in [3.8, 4) is 0 Å². The zero-order valence-electron chi connectivity index (χ0n) is 11.3. The van der Waals surface area contributed by atoms with Crippen LogP contribution in [0.2, 0.25) is 0 Å². The molecule has 5 nitrogen and oxygen atoms in total. The van der Waals surface area contributed by atoms with E-state index in [2.05, 4.69) is 9.53 Å². The summed E-state index contributed by atoms with van der Waals surface area (Å²) in [6.07, 6.45) is 0. The highest BCUT2D eigenvalue weighted by Crippen LogP contribution is 2.44. The van der Waals surface area contributed by atoms with Gasteiger partial charge in [0, 0.05) is 10.6 Å². The van der Waals surface area contributed by atoms with Crippen molar-refractivity contribution in [2.24, 2.45) is 0 Å². The van der Waals surface area contributed by atoms with E-state index in [0.717, 1.165) is 7.11 Å². The van der Waals surface area contributed by atoms with Crippen LogP contribution in [-0.4, -0.2) is 23.3 Å². The van der Waals surface area contributed by atoms with Crippen LogP contribution in [0.5, 0.6) is 0 Å². The van der Waals surface area contributed by atoms with Crippen molar-refractivity contribution in [2.45, 2.75) is 0 Å². The lowest BCUT2D eigenvalue weighted by Crippen LogP contribution is -2.29. The number of rotatable bonds is 4. The maximum absolute atomic E-state index is 13.6. The van der Waals surface area contributed by atoms with Crippen LogP contribution >= 0.6 is 7.14 Å². The molecule has 0 bridgehead atoms. The number of carbonyl (C=O) groups is 1. The van der Waals surface area contributed by atoms with Gasteiger partial charge in [-0.05, 0) is 0 Å². The van der Waals surface area contributed by atoms with Gasteiger partial charge in [-0.1, -0.05) is 60.7 Å². The summed E-state index contributed by atoms with van der Waals surface area (Å²) in [6, 6.07) is 16.9. The van der Waals surface area contributed by atoms with E-state index in [-0.39, 0.29) is 0 Å². The zero-order chi connectivity index (χ0) is 15.3. The first-order valence-electron chi connectivity index (χ1n) is 6.16. The summed E-state index contributed by atoms with van der Waals surface area (Å²) < 4.78 is 18.1. The molecule has 2 aromatic carbocycles. The third kappa shape index (κ3) is 2.70. The van der Waals surface area contributed by atoms with E-state index in [0.29, 0.717) is 10.6 Å². The van der Waals surface area contributed by atoms with Gasteiger partial charge in [0.25, 0.3) is 7.14 Å². The molecule has 0 saturated carbocycles. The second-order valence-corrected chi connectivity index (χ2v) is 6.87. The van der Waals surface area contributed by atoms with Crippen molar-refractivity contribution >= 4 is 29.2 Å². The van der Waals surface area contributed by atoms with Gasteiger partial charge in [0.2, 0.25) is 0 Å². The monoisotopic (exact) mass is 300 g/mol. The molecule has 0 unspecified atom stereocenters. The van der Waals surface area contributed by atoms with Crippen LogP contribution in [0.3, 0.4) is 0 Å². The minimum absolute atomic E-state index is 0.398. The lowest BCUT2D eigenvalue weighted by molar-refractivity contribution is -0.136. The standard InChI is InChI=1S/C15H13N2O3P/c1-20-15(18)14(17-16)21(19,12-8-4-2-5-9-12)13-10-6-3-7-11-13/h2-11H,1H3. The molecular formula is C15H13N2O3P. The average Bonchev–Trinajstić information content (AvgIpc) is 2.56. The highest BCUT2D eigenvalue weighted by atomic mass is 31.2. The minimum Gasteiger partial charge on any atom is -0.460 e. The van der Waals surface area contributed by atoms with E-state index >= 15 is 0 Å². The van der Waals surface area contributed by atoms with Crippen molar-refractivity contribution in [1.29, 1.82) is 0 Å². The van der Waals surface area contributed by atoms with Crippen molar-refractivity contribution in [3.63, 3.8) is 0 Å². The Morgan fingerprint density at radius 1 is 1.00 bits per heavy atom. The van der Waals surface area contributed by atoms with E-state index in [9.17, 15) is 14.9 Å². The molecule has 0 spiro atoms. The molecule has 0 amide bonds. The molecule has 0 fully saturated rings.